The van der Waals surface area contributed by atoms with Gasteiger partial charge in [0.25, 0.3) is 0 Å². The predicted molar refractivity (Wildman–Crippen MR) is 64.5 cm³/mol. The molecule has 5 heteroatoms. The van der Waals surface area contributed by atoms with Crippen molar-refractivity contribution in [3.63, 3.8) is 0 Å². The van der Waals surface area contributed by atoms with E-state index in [1.54, 1.807) is 19.1 Å². The Balaban J connectivity index is 2.42. The lowest BCUT2D eigenvalue weighted by atomic mass is 10.0. The van der Waals surface area contributed by atoms with Crippen LogP contribution in [0.1, 0.15) is 18.9 Å². The molecule has 1 rings (SSSR count). The van der Waals surface area contributed by atoms with Gasteiger partial charge in [0.05, 0.1) is 6.42 Å². The van der Waals surface area contributed by atoms with Crippen molar-refractivity contribution in [2.75, 3.05) is 6.54 Å². The highest BCUT2D eigenvalue weighted by Gasteiger charge is 2.13. The van der Waals surface area contributed by atoms with Crippen molar-refractivity contribution in [1.29, 1.82) is 0 Å². The molecular weight excluding hydrogens is 237 g/mol. The van der Waals surface area contributed by atoms with E-state index in [-0.39, 0.29) is 30.6 Å². The van der Waals surface area contributed by atoms with Crippen molar-refractivity contribution >= 4 is 11.9 Å². The van der Waals surface area contributed by atoms with Gasteiger partial charge in [0.2, 0.25) is 5.91 Å². The number of benzene rings is 1. The Morgan fingerprint density at radius 2 is 2.17 bits per heavy atom. The van der Waals surface area contributed by atoms with Crippen LogP contribution in [0.2, 0.25) is 0 Å². The van der Waals surface area contributed by atoms with Crippen molar-refractivity contribution in [3.05, 3.63) is 35.6 Å². The second kappa shape index (κ2) is 6.74. The molecule has 98 valence electrons. The Labute approximate surface area is 105 Å². The van der Waals surface area contributed by atoms with Gasteiger partial charge in [0, 0.05) is 12.5 Å². The van der Waals surface area contributed by atoms with E-state index in [0.29, 0.717) is 6.42 Å². The fourth-order valence-electron chi connectivity index (χ4n) is 1.58. The zero-order valence-corrected chi connectivity index (χ0v) is 10.1. The molecule has 1 unspecified atom stereocenters. The highest BCUT2D eigenvalue weighted by atomic mass is 19.1. The SMILES string of the molecule is CC(Cc1cccc(F)c1)C(=O)NCCC(=O)O. The molecule has 0 radical (unpaired) electrons. The zero-order valence-electron chi connectivity index (χ0n) is 10.1. The number of halogens is 1. The molecule has 1 aromatic rings. The normalized spacial score (nSPS) is 11.9. The van der Waals surface area contributed by atoms with Crippen LogP contribution in [0.15, 0.2) is 24.3 Å². The van der Waals surface area contributed by atoms with Crippen molar-refractivity contribution in [2.45, 2.75) is 19.8 Å². The van der Waals surface area contributed by atoms with E-state index in [1.807, 2.05) is 0 Å². The minimum atomic E-state index is -0.951. The van der Waals surface area contributed by atoms with Crippen molar-refractivity contribution in [1.82, 2.24) is 5.32 Å². The Morgan fingerprint density at radius 3 is 2.78 bits per heavy atom. The van der Waals surface area contributed by atoms with E-state index in [0.717, 1.165) is 5.56 Å². The van der Waals surface area contributed by atoms with Crippen LogP contribution in [-0.4, -0.2) is 23.5 Å². The molecule has 18 heavy (non-hydrogen) atoms. The lowest BCUT2D eigenvalue weighted by Gasteiger charge is -2.11. The first-order valence-electron chi connectivity index (χ1n) is 5.73. The number of amides is 1. The number of carbonyl (C=O) groups excluding carboxylic acids is 1. The minimum absolute atomic E-state index is 0.0988. The molecule has 4 nitrogen and oxygen atoms in total. The van der Waals surface area contributed by atoms with Gasteiger partial charge >= 0.3 is 5.97 Å². The van der Waals surface area contributed by atoms with Crippen molar-refractivity contribution in [3.8, 4) is 0 Å². The number of rotatable bonds is 6. The number of carbonyl (C=O) groups is 2. The third kappa shape index (κ3) is 4.95. The van der Waals surface area contributed by atoms with Gasteiger partial charge in [-0.3, -0.25) is 9.59 Å². The van der Waals surface area contributed by atoms with Crippen LogP contribution in [0.25, 0.3) is 0 Å². The van der Waals surface area contributed by atoms with E-state index < -0.39 is 5.97 Å². The van der Waals surface area contributed by atoms with Gasteiger partial charge < -0.3 is 10.4 Å². The molecule has 2 N–H and O–H groups in total. The maximum absolute atomic E-state index is 12.9. The lowest BCUT2D eigenvalue weighted by Crippen LogP contribution is -2.32. The third-order valence-corrected chi connectivity index (χ3v) is 2.52. The second-order valence-corrected chi connectivity index (χ2v) is 4.17. The fraction of sp³-hybridized carbons (Fsp3) is 0.385. The summed E-state index contributed by atoms with van der Waals surface area (Å²) in [7, 11) is 0. The van der Waals surface area contributed by atoms with Crippen molar-refractivity contribution < 1.29 is 19.1 Å². The molecule has 0 spiro atoms. The first-order valence-corrected chi connectivity index (χ1v) is 5.73. The molecule has 0 aromatic heterocycles. The Bertz CT molecular complexity index is 434. The summed E-state index contributed by atoms with van der Waals surface area (Å²) in [6.07, 6.45) is 0.328. The van der Waals surface area contributed by atoms with Gasteiger partial charge in [-0.25, -0.2) is 4.39 Å². The average molecular weight is 253 g/mol. The summed E-state index contributed by atoms with van der Waals surface area (Å²) in [6, 6.07) is 6.09. The van der Waals surface area contributed by atoms with Crippen LogP contribution >= 0.6 is 0 Å². The molecule has 0 heterocycles. The number of carboxylic acid groups (broad SMARTS) is 1. The predicted octanol–water partition coefficient (Wildman–Crippen LogP) is 1.60. The van der Waals surface area contributed by atoms with E-state index in [4.69, 9.17) is 5.11 Å². The van der Waals surface area contributed by atoms with Crippen LogP contribution in [-0.2, 0) is 16.0 Å². The maximum atomic E-state index is 12.9. The summed E-state index contributed by atoms with van der Waals surface area (Å²) < 4.78 is 12.9. The second-order valence-electron chi connectivity index (χ2n) is 4.17. The Hall–Kier alpha value is -1.91. The first-order chi connectivity index (χ1) is 8.49. The van der Waals surface area contributed by atoms with Gasteiger partial charge in [-0.1, -0.05) is 19.1 Å². The largest absolute Gasteiger partial charge is 0.481 e. The number of hydrogen-bond donors (Lipinski definition) is 2. The van der Waals surface area contributed by atoms with Crippen LogP contribution in [0.5, 0.6) is 0 Å². The summed E-state index contributed by atoms with van der Waals surface area (Å²) >= 11 is 0. The summed E-state index contributed by atoms with van der Waals surface area (Å²) in [6.45, 7) is 1.84. The first kappa shape index (κ1) is 14.2. The summed E-state index contributed by atoms with van der Waals surface area (Å²) in [4.78, 5) is 21.9. The van der Waals surface area contributed by atoms with Crippen LogP contribution in [0.4, 0.5) is 4.39 Å². The van der Waals surface area contributed by atoms with Gasteiger partial charge in [0.15, 0.2) is 0 Å². The molecule has 0 fully saturated rings. The van der Waals surface area contributed by atoms with Gasteiger partial charge in [-0.15, -0.1) is 0 Å². The Morgan fingerprint density at radius 1 is 1.44 bits per heavy atom. The Kier molecular flexibility index (Phi) is 5.30. The quantitative estimate of drug-likeness (QED) is 0.809. The molecule has 0 bridgehead atoms. The molecule has 1 amide bonds. The molecule has 1 aromatic carbocycles. The molecular formula is C13H16FNO3. The van der Waals surface area contributed by atoms with Gasteiger partial charge in [-0.05, 0) is 24.1 Å². The van der Waals surface area contributed by atoms with Crippen LogP contribution in [0, 0.1) is 11.7 Å². The third-order valence-electron chi connectivity index (χ3n) is 2.52. The van der Waals surface area contributed by atoms with E-state index >= 15 is 0 Å². The average Bonchev–Trinajstić information content (AvgIpc) is 2.28. The topological polar surface area (TPSA) is 66.4 Å². The minimum Gasteiger partial charge on any atom is -0.481 e. The molecule has 0 saturated carbocycles. The van der Waals surface area contributed by atoms with Crippen LogP contribution in [0.3, 0.4) is 0 Å². The molecule has 0 aliphatic rings. The zero-order chi connectivity index (χ0) is 13.5. The monoisotopic (exact) mass is 253 g/mol. The summed E-state index contributed by atoms with van der Waals surface area (Å²) in [5.41, 5.74) is 0.746. The maximum Gasteiger partial charge on any atom is 0.305 e. The highest BCUT2D eigenvalue weighted by molar-refractivity contribution is 5.79. The standard InChI is InChI=1S/C13H16FNO3/c1-9(13(18)15-6-5-12(16)17)7-10-3-2-4-11(14)8-10/h2-4,8-9H,5-7H2,1H3,(H,15,18)(H,16,17). The van der Waals surface area contributed by atoms with E-state index in [1.165, 1.54) is 12.1 Å². The number of hydrogen-bond acceptors (Lipinski definition) is 2. The highest BCUT2D eigenvalue weighted by Crippen LogP contribution is 2.10. The number of aliphatic carboxylic acids is 1. The summed E-state index contributed by atoms with van der Waals surface area (Å²) in [5, 5.41) is 11.0. The van der Waals surface area contributed by atoms with Gasteiger partial charge in [-0.2, -0.15) is 0 Å². The number of carboxylic acids is 1. The van der Waals surface area contributed by atoms with E-state index in [9.17, 15) is 14.0 Å². The molecule has 0 aliphatic carbocycles. The van der Waals surface area contributed by atoms with E-state index in [2.05, 4.69) is 5.32 Å². The summed E-state index contributed by atoms with van der Waals surface area (Å²) in [5.74, 6) is -1.82. The fourth-order valence-corrected chi connectivity index (χ4v) is 1.58. The smallest absolute Gasteiger partial charge is 0.305 e. The number of nitrogens with one attached hydrogen (secondary N) is 1. The molecule has 0 aliphatic heterocycles. The molecule has 0 saturated heterocycles. The van der Waals surface area contributed by atoms with Crippen LogP contribution < -0.4 is 5.32 Å². The van der Waals surface area contributed by atoms with Gasteiger partial charge in [0.1, 0.15) is 5.82 Å². The molecule has 1 atom stereocenters. The lowest BCUT2D eigenvalue weighted by molar-refractivity contribution is -0.137. The van der Waals surface area contributed by atoms with Crippen molar-refractivity contribution in [2.24, 2.45) is 5.92 Å².